The lowest BCUT2D eigenvalue weighted by atomic mass is 10.2. The smallest absolute Gasteiger partial charge is 0.330 e. The van der Waals surface area contributed by atoms with Crippen molar-refractivity contribution in [2.24, 2.45) is 0 Å². The summed E-state index contributed by atoms with van der Waals surface area (Å²) in [4.78, 5) is 26.0. The van der Waals surface area contributed by atoms with Gasteiger partial charge in [-0.3, -0.25) is 14.3 Å². The number of hydrogen-bond donors (Lipinski definition) is 1. The molecule has 0 bridgehead atoms. The Kier molecular flexibility index (Phi) is 5.08. The molecule has 1 fully saturated rings. The summed E-state index contributed by atoms with van der Waals surface area (Å²) in [5.74, 6) is 0. The zero-order valence-electron chi connectivity index (χ0n) is 15.4. The van der Waals surface area contributed by atoms with Gasteiger partial charge in [-0.2, -0.15) is 0 Å². The highest BCUT2D eigenvalue weighted by Gasteiger charge is 2.44. The van der Waals surface area contributed by atoms with Crippen LogP contribution in [0, 0.1) is 6.92 Å². The van der Waals surface area contributed by atoms with E-state index in [4.69, 9.17) is 9.16 Å². The van der Waals surface area contributed by atoms with E-state index in [0.29, 0.717) is 12.0 Å². The lowest BCUT2D eigenvalue weighted by molar-refractivity contribution is 0.00651. The third-order valence-corrected chi connectivity index (χ3v) is 9.56. The van der Waals surface area contributed by atoms with Crippen molar-refractivity contribution in [3.8, 4) is 0 Å². The summed E-state index contributed by atoms with van der Waals surface area (Å²) in [7, 11) is -1.96. The Morgan fingerprint density at radius 1 is 1.42 bits per heavy atom. The number of H-pyrrole nitrogens is 1. The molecule has 0 aromatic carbocycles. The zero-order valence-corrected chi connectivity index (χ0v) is 16.4. The van der Waals surface area contributed by atoms with Crippen molar-refractivity contribution in [2.75, 3.05) is 0 Å². The highest BCUT2D eigenvalue weighted by molar-refractivity contribution is 6.74. The Morgan fingerprint density at radius 3 is 2.58 bits per heavy atom. The minimum atomic E-state index is -1.96. The Morgan fingerprint density at radius 2 is 2.04 bits per heavy atom. The van der Waals surface area contributed by atoms with E-state index in [-0.39, 0.29) is 22.8 Å². The van der Waals surface area contributed by atoms with Crippen LogP contribution >= 0.6 is 0 Å². The van der Waals surface area contributed by atoms with E-state index in [1.807, 2.05) is 0 Å². The van der Waals surface area contributed by atoms with Crippen LogP contribution in [0.3, 0.4) is 0 Å². The standard InChI is InChI=1S/C17H28N2O4Si/c1-8-12-13(23-24(6,7)17(3,4)5)9-14(22-12)19-10-11(2)15(20)18-16(19)21/h8,10,12-14H,1,9H2,2-7H3,(H,18,20,21)/t12-,13?,14-/m1/s1. The molecule has 0 aliphatic carbocycles. The Balaban J connectivity index is 2.27. The molecule has 3 atom stereocenters. The van der Waals surface area contributed by atoms with E-state index in [9.17, 15) is 9.59 Å². The summed E-state index contributed by atoms with van der Waals surface area (Å²) in [6, 6.07) is 0. The topological polar surface area (TPSA) is 73.3 Å². The molecule has 1 aliphatic heterocycles. The summed E-state index contributed by atoms with van der Waals surface area (Å²) in [6.07, 6.45) is 2.93. The number of aromatic amines is 1. The van der Waals surface area contributed by atoms with Crippen LogP contribution in [-0.4, -0.2) is 30.1 Å². The van der Waals surface area contributed by atoms with Crippen molar-refractivity contribution in [3.63, 3.8) is 0 Å². The lowest BCUT2D eigenvalue weighted by Gasteiger charge is -2.39. The first-order chi connectivity index (χ1) is 11.0. The van der Waals surface area contributed by atoms with E-state index >= 15 is 0 Å². The van der Waals surface area contributed by atoms with E-state index < -0.39 is 20.2 Å². The van der Waals surface area contributed by atoms with Crippen LogP contribution in [0.25, 0.3) is 0 Å². The van der Waals surface area contributed by atoms with Gasteiger partial charge in [0.25, 0.3) is 5.56 Å². The van der Waals surface area contributed by atoms with Crippen LogP contribution in [0.2, 0.25) is 18.1 Å². The highest BCUT2D eigenvalue weighted by atomic mass is 28.4. The SMILES string of the molecule is C=C[C@H]1O[C@@H](n2cc(C)c(=O)[nH]c2=O)CC1O[Si](C)(C)C(C)(C)C. The van der Waals surface area contributed by atoms with Gasteiger partial charge in [-0.05, 0) is 25.1 Å². The Bertz CT molecular complexity index is 729. The largest absolute Gasteiger partial charge is 0.411 e. The van der Waals surface area contributed by atoms with Gasteiger partial charge in [0.15, 0.2) is 8.32 Å². The molecule has 6 nitrogen and oxygen atoms in total. The molecule has 1 aromatic rings. The molecule has 134 valence electrons. The van der Waals surface area contributed by atoms with Crippen molar-refractivity contribution in [1.29, 1.82) is 0 Å². The monoisotopic (exact) mass is 352 g/mol. The fourth-order valence-electron chi connectivity index (χ4n) is 2.51. The van der Waals surface area contributed by atoms with Gasteiger partial charge in [-0.25, -0.2) is 4.79 Å². The predicted molar refractivity (Wildman–Crippen MR) is 96.9 cm³/mol. The molecule has 1 N–H and O–H groups in total. The summed E-state index contributed by atoms with van der Waals surface area (Å²) < 4.78 is 13.9. The van der Waals surface area contributed by atoms with Crippen LogP contribution in [-0.2, 0) is 9.16 Å². The second kappa shape index (κ2) is 6.46. The van der Waals surface area contributed by atoms with Crippen molar-refractivity contribution >= 4 is 8.32 Å². The molecule has 0 radical (unpaired) electrons. The number of nitrogens with zero attached hydrogens (tertiary/aromatic N) is 1. The third-order valence-electron chi connectivity index (χ3n) is 5.06. The molecule has 1 aliphatic rings. The molecule has 0 amide bonds. The van der Waals surface area contributed by atoms with Crippen LogP contribution in [0.5, 0.6) is 0 Å². The number of nitrogens with one attached hydrogen (secondary N) is 1. The molecule has 2 heterocycles. The summed E-state index contributed by atoms with van der Waals surface area (Å²) in [5.41, 5.74) is -0.364. The number of hydrogen-bond acceptors (Lipinski definition) is 4. The van der Waals surface area contributed by atoms with Crippen molar-refractivity contribution in [1.82, 2.24) is 9.55 Å². The molecule has 7 heteroatoms. The maximum Gasteiger partial charge on any atom is 0.330 e. The number of aromatic nitrogens is 2. The molecule has 24 heavy (non-hydrogen) atoms. The van der Waals surface area contributed by atoms with E-state index in [2.05, 4.69) is 45.4 Å². The average molecular weight is 353 g/mol. The van der Waals surface area contributed by atoms with E-state index in [0.717, 1.165) is 0 Å². The first-order valence-corrected chi connectivity index (χ1v) is 11.1. The van der Waals surface area contributed by atoms with Crippen LogP contribution < -0.4 is 11.2 Å². The van der Waals surface area contributed by atoms with Gasteiger partial charge < -0.3 is 9.16 Å². The van der Waals surface area contributed by atoms with Gasteiger partial charge in [0.1, 0.15) is 12.3 Å². The van der Waals surface area contributed by atoms with E-state index in [1.54, 1.807) is 19.2 Å². The van der Waals surface area contributed by atoms with E-state index in [1.165, 1.54) is 4.57 Å². The Hall–Kier alpha value is -1.44. The van der Waals surface area contributed by atoms with Gasteiger partial charge in [-0.15, -0.1) is 6.58 Å². The first-order valence-electron chi connectivity index (χ1n) is 8.24. The second-order valence-electron chi connectivity index (χ2n) is 7.92. The fraction of sp³-hybridized carbons (Fsp3) is 0.647. The highest BCUT2D eigenvalue weighted by Crippen LogP contribution is 2.41. The average Bonchev–Trinajstić information content (AvgIpc) is 2.83. The number of aryl methyl sites for hydroxylation is 1. The quantitative estimate of drug-likeness (QED) is 0.668. The Labute approximate surface area is 143 Å². The van der Waals surface area contributed by atoms with Gasteiger partial charge >= 0.3 is 5.69 Å². The maximum absolute atomic E-state index is 12.1. The normalized spacial score (nSPS) is 25.0. The minimum absolute atomic E-state index is 0.0855. The van der Waals surface area contributed by atoms with Crippen LogP contribution in [0.1, 0.15) is 39.0 Å². The molecular formula is C17H28N2O4Si. The molecule has 0 saturated carbocycles. The molecule has 1 saturated heterocycles. The van der Waals surface area contributed by atoms with Crippen molar-refractivity contribution < 1.29 is 9.16 Å². The van der Waals surface area contributed by atoms with Gasteiger partial charge in [0, 0.05) is 18.2 Å². The first kappa shape index (κ1) is 18.9. The van der Waals surface area contributed by atoms with Crippen molar-refractivity contribution in [2.45, 2.75) is 70.7 Å². The summed E-state index contributed by atoms with van der Waals surface area (Å²) in [6.45, 7) is 16.4. The molecule has 0 spiro atoms. The van der Waals surface area contributed by atoms with Gasteiger partial charge in [-0.1, -0.05) is 26.8 Å². The minimum Gasteiger partial charge on any atom is -0.411 e. The second-order valence-corrected chi connectivity index (χ2v) is 12.7. The molecular weight excluding hydrogens is 324 g/mol. The fourth-order valence-corrected chi connectivity index (χ4v) is 3.86. The number of rotatable bonds is 4. The van der Waals surface area contributed by atoms with Gasteiger partial charge in [0.05, 0.1) is 6.10 Å². The summed E-state index contributed by atoms with van der Waals surface area (Å²) in [5, 5.41) is 0.0855. The van der Waals surface area contributed by atoms with Crippen molar-refractivity contribution in [3.05, 3.63) is 45.3 Å². The zero-order chi connectivity index (χ0) is 18.3. The predicted octanol–water partition coefficient (Wildman–Crippen LogP) is 2.71. The van der Waals surface area contributed by atoms with Gasteiger partial charge in [0.2, 0.25) is 0 Å². The third kappa shape index (κ3) is 3.63. The summed E-state index contributed by atoms with van der Waals surface area (Å²) >= 11 is 0. The lowest BCUT2D eigenvalue weighted by Crippen LogP contribution is -2.45. The van der Waals surface area contributed by atoms with Crippen LogP contribution in [0.15, 0.2) is 28.4 Å². The molecule has 1 aromatic heterocycles. The van der Waals surface area contributed by atoms with Crippen LogP contribution in [0.4, 0.5) is 0 Å². The maximum atomic E-state index is 12.1. The number of ether oxygens (including phenoxy) is 1. The molecule has 2 rings (SSSR count). The molecule has 1 unspecified atom stereocenters.